The third-order valence-electron chi connectivity index (χ3n) is 2.55. The van der Waals surface area contributed by atoms with Gasteiger partial charge in [0, 0.05) is 21.5 Å². The summed E-state index contributed by atoms with van der Waals surface area (Å²) in [6.45, 7) is 0. The molecule has 2 aromatic carbocycles. The predicted molar refractivity (Wildman–Crippen MR) is 68.8 cm³/mol. The summed E-state index contributed by atoms with van der Waals surface area (Å²) >= 11 is 3.42. The number of rotatable bonds is 1. The fourth-order valence-corrected chi connectivity index (χ4v) is 2.17. The molecule has 0 spiro atoms. The lowest BCUT2D eigenvalue weighted by molar-refractivity contribution is 0.451. The van der Waals surface area contributed by atoms with Crippen molar-refractivity contribution in [3.63, 3.8) is 0 Å². The standard InChI is InChI=1S/C13H8BrNO2/c14-9-3-1-2-8(6-9)13-11-5-4-10(16)7-12(11)17-15-13/h1-7,16H. The molecule has 0 saturated carbocycles. The van der Waals surface area contributed by atoms with Gasteiger partial charge in [-0.25, -0.2) is 0 Å². The van der Waals surface area contributed by atoms with Gasteiger partial charge in [-0.3, -0.25) is 0 Å². The number of hydrogen-bond donors (Lipinski definition) is 1. The number of halogens is 1. The summed E-state index contributed by atoms with van der Waals surface area (Å²) in [6, 6.07) is 12.8. The van der Waals surface area contributed by atoms with E-state index in [-0.39, 0.29) is 5.75 Å². The van der Waals surface area contributed by atoms with Crippen LogP contribution in [-0.2, 0) is 0 Å². The summed E-state index contributed by atoms with van der Waals surface area (Å²) in [7, 11) is 0. The summed E-state index contributed by atoms with van der Waals surface area (Å²) in [6.07, 6.45) is 0. The van der Waals surface area contributed by atoms with Crippen LogP contribution in [0.15, 0.2) is 51.5 Å². The normalized spacial score (nSPS) is 10.9. The molecule has 0 aliphatic carbocycles. The van der Waals surface area contributed by atoms with Crippen LogP contribution in [-0.4, -0.2) is 10.3 Å². The van der Waals surface area contributed by atoms with Crippen molar-refractivity contribution in [1.29, 1.82) is 0 Å². The molecule has 3 rings (SSSR count). The lowest BCUT2D eigenvalue weighted by Gasteiger charge is -1.97. The zero-order chi connectivity index (χ0) is 11.8. The Bertz CT molecular complexity index is 691. The van der Waals surface area contributed by atoms with E-state index in [4.69, 9.17) is 4.52 Å². The van der Waals surface area contributed by atoms with Crippen molar-refractivity contribution in [2.75, 3.05) is 0 Å². The van der Waals surface area contributed by atoms with Gasteiger partial charge in [-0.05, 0) is 24.3 Å². The maximum Gasteiger partial charge on any atom is 0.171 e. The van der Waals surface area contributed by atoms with E-state index in [1.54, 1.807) is 18.2 Å². The molecule has 84 valence electrons. The van der Waals surface area contributed by atoms with Gasteiger partial charge >= 0.3 is 0 Å². The molecule has 0 amide bonds. The van der Waals surface area contributed by atoms with Gasteiger partial charge in [0.25, 0.3) is 0 Å². The number of benzene rings is 2. The summed E-state index contributed by atoms with van der Waals surface area (Å²) in [4.78, 5) is 0. The highest BCUT2D eigenvalue weighted by Gasteiger charge is 2.10. The molecule has 0 atom stereocenters. The van der Waals surface area contributed by atoms with E-state index in [0.717, 1.165) is 21.1 Å². The van der Waals surface area contributed by atoms with Gasteiger partial charge in [-0.2, -0.15) is 0 Å². The van der Waals surface area contributed by atoms with Crippen molar-refractivity contribution in [3.05, 3.63) is 46.9 Å². The molecule has 0 fully saturated rings. The van der Waals surface area contributed by atoms with E-state index in [1.165, 1.54) is 0 Å². The largest absolute Gasteiger partial charge is 0.508 e. The summed E-state index contributed by atoms with van der Waals surface area (Å²) in [5, 5.41) is 14.3. The van der Waals surface area contributed by atoms with Crippen LogP contribution in [0, 0.1) is 0 Å². The van der Waals surface area contributed by atoms with E-state index < -0.39 is 0 Å². The number of phenols is 1. The number of fused-ring (bicyclic) bond motifs is 1. The monoisotopic (exact) mass is 289 g/mol. The Kier molecular flexibility index (Phi) is 2.37. The van der Waals surface area contributed by atoms with Crippen LogP contribution in [0.1, 0.15) is 0 Å². The Hall–Kier alpha value is -1.81. The minimum absolute atomic E-state index is 0.175. The molecule has 3 nitrogen and oxygen atoms in total. The Labute approximate surface area is 106 Å². The van der Waals surface area contributed by atoms with E-state index in [1.807, 2.05) is 24.3 Å². The first-order valence-electron chi connectivity index (χ1n) is 5.08. The van der Waals surface area contributed by atoms with Crippen LogP contribution in [0.3, 0.4) is 0 Å². The number of aromatic nitrogens is 1. The van der Waals surface area contributed by atoms with Crippen molar-refractivity contribution in [3.8, 4) is 17.0 Å². The van der Waals surface area contributed by atoms with Gasteiger partial charge in [0.15, 0.2) is 5.58 Å². The third kappa shape index (κ3) is 1.80. The first kappa shape index (κ1) is 10.4. The highest BCUT2D eigenvalue weighted by molar-refractivity contribution is 9.10. The SMILES string of the molecule is Oc1ccc2c(-c3cccc(Br)c3)noc2c1. The Balaban J connectivity index is 2.24. The zero-order valence-electron chi connectivity index (χ0n) is 8.72. The van der Waals surface area contributed by atoms with Crippen molar-refractivity contribution >= 4 is 26.9 Å². The molecule has 0 bridgehead atoms. The Morgan fingerprint density at radius 3 is 2.82 bits per heavy atom. The van der Waals surface area contributed by atoms with Crippen LogP contribution in [0.5, 0.6) is 5.75 Å². The molecular weight excluding hydrogens is 282 g/mol. The van der Waals surface area contributed by atoms with Gasteiger partial charge in [-0.15, -0.1) is 0 Å². The second-order valence-corrected chi connectivity index (χ2v) is 4.64. The molecule has 4 heteroatoms. The molecule has 0 radical (unpaired) electrons. The average Bonchev–Trinajstić information content (AvgIpc) is 2.71. The number of phenolic OH excluding ortho intramolecular Hbond substituents is 1. The van der Waals surface area contributed by atoms with Gasteiger partial charge < -0.3 is 9.63 Å². The molecule has 1 heterocycles. The van der Waals surface area contributed by atoms with Crippen molar-refractivity contribution in [1.82, 2.24) is 5.16 Å². The van der Waals surface area contributed by atoms with Crippen LogP contribution in [0.25, 0.3) is 22.2 Å². The molecule has 0 unspecified atom stereocenters. The maximum absolute atomic E-state index is 9.36. The quantitative estimate of drug-likeness (QED) is 0.737. The van der Waals surface area contributed by atoms with Crippen molar-refractivity contribution < 1.29 is 9.63 Å². The lowest BCUT2D eigenvalue weighted by atomic mass is 10.1. The Morgan fingerprint density at radius 1 is 1.12 bits per heavy atom. The number of aromatic hydroxyl groups is 1. The molecule has 17 heavy (non-hydrogen) atoms. The highest BCUT2D eigenvalue weighted by Crippen LogP contribution is 2.31. The predicted octanol–water partition coefficient (Wildman–Crippen LogP) is 3.96. The Morgan fingerprint density at radius 2 is 2.00 bits per heavy atom. The molecule has 0 saturated heterocycles. The molecule has 3 aromatic rings. The maximum atomic E-state index is 9.36. The van der Waals surface area contributed by atoms with E-state index in [9.17, 15) is 5.11 Å². The van der Waals surface area contributed by atoms with Crippen LogP contribution >= 0.6 is 15.9 Å². The molecule has 0 aliphatic heterocycles. The fraction of sp³-hybridized carbons (Fsp3) is 0. The topological polar surface area (TPSA) is 46.3 Å². The van der Waals surface area contributed by atoms with Gasteiger partial charge in [0.1, 0.15) is 11.4 Å². The van der Waals surface area contributed by atoms with Gasteiger partial charge in [-0.1, -0.05) is 33.2 Å². The number of hydrogen-bond acceptors (Lipinski definition) is 3. The summed E-state index contributed by atoms with van der Waals surface area (Å²) in [5.74, 6) is 0.175. The van der Waals surface area contributed by atoms with Crippen molar-refractivity contribution in [2.45, 2.75) is 0 Å². The summed E-state index contributed by atoms with van der Waals surface area (Å²) < 4.78 is 6.19. The highest BCUT2D eigenvalue weighted by atomic mass is 79.9. The zero-order valence-corrected chi connectivity index (χ0v) is 10.3. The second kappa shape index (κ2) is 3.89. The van der Waals surface area contributed by atoms with E-state index >= 15 is 0 Å². The van der Waals surface area contributed by atoms with E-state index in [0.29, 0.717) is 5.58 Å². The number of nitrogens with zero attached hydrogens (tertiary/aromatic N) is 1. The fourth-order valence-electron chi connectivity index (χ4n) is 1.77. The lowest BCUT2D eigenvalue weighted by Crippen LogP contribution is -1.78. The van der Waals surface area contributed by atoms with Crippen LogP contribution in [0.4, 0.5) is 0 Å². The first-order valence-corrected chi connectivity index (χ1v) is 5.88. The molecule has 1 N–H and O–H groups in total. The minimum Gasteiger partial charge on any atom is -0.508 e. The summed E-state index contributed by atoms with van der Waals surface area (Å²) in [5.41, 5.74) is 2.34. The van der Waals surface area contributed by atoms with Crippen LogP contribution < -0.4 is 0 Å². The minimum atomic E-state index is 0.175. The van der Waals surface area contributed by atoms with Crippen molar-refractivity contribution in [2.24, 2.45) is 0 Å². The third-order valence-corrected chi connectivity index (χ3v) is 3.05. The molecular formula is C13H8BrNO2. The van der Waals surface area contributed by atoms with Gasteiger partial charge in [0.05, 0.1) is 0 Å². The second-order valence-electron chi connectivity index (χ2n) is 3.72. The van der Waals surface area contributed by atoms with Gasteiger partial charge in [0.2, 0.25) is 0 Å². The average molecular weight is 290 g/mol. The smallest absolute Gasteiger partial charge is 0.171 e. The van der Waals surface area contributed by atoms with E-state index in [2.05, 4.69) is 21.1 Å². The molecule has 1 aromatic heterocycles. The van der Waals surface area contributed by atoms with Crippen LogP contribution in [0.2, 0.25) is 0 Å². The first-order chi connectivity index (χ1) is 8.24. The molecule has 0 aliphatic rings.